The molecule has 0 aromatic carbocycles. The summed E-state index contributed by atoms with van der Waals surface area (Å²) in [6.07, 6.45) is 3.09. The van der Waals surface area contributed by atoms with Gasteiger partial charge in [0.2, 0.25) is 0 Å². The van der Waals surface area contributed by atoms with Crippen LogP contribution in [0, 0.1) is 0 Å². The third-order valence-corrected chi connectivity index (χ3v) is 2.73. The van der Waals surface area contributed by atoms with Crippen LogP contribution in [0.25, 0.3) is 0 Å². The highest BCUT2D eigenvalue weighted by Gasteiger charge is 2.30. The van der Waals surface area contributed by atoms with Gasteiger partial charge in [0.15, 0.2) is 6.29 Å². The van der Waals surface area contributed by atoms with Crippen molar-refractivity contribution in [2.24, 2.45) is 0 Å². The van der Waals surface area contributed by atoms with Gasteiger partial charge in [0.1, 0.15) is 5.15 Å². The molecule has 0 atom stereocenters. The molecule has 0 spiro atoms. The predicted molar refractivity (Wildman–Crippen MR) is 50.3 cm³/mol. The Kier molecular flexibility index (Phi) is 2.12. The second-order valence-electron chi connectivity index (χ2n) is 3.30. The Bertz CT molecular complexity index is 342. The zero-order chi connectivity index (χ0) is 9.42. The Morgan fingerprint density at radius 1 is 1.69 bits per heavy atom. The molecule has 0 bridgehead atoms. The van der Waals surface area contributed by atoms with Crippen molar-refractivity contribution in [2.75, 3.05) is 0 Å². The zero-order valence-electron chi connectivity index (χ0n) is 7.46. The summed E-state index contributed by atoms with van der Waals surface area (Å²) in [5.41, 5.74) is 1.48. The van der Waals surface area contributed by atoms with E-state index in [4.69, 9.17) is 11.6 Å². The van der Waals surface area contributed by atoms with E-state index in [1.54, 1.807) is 4.68 Å². The van der Waals surface area contributed by atoms with Crippen LogP contribution < -0.4 is 0 Å². The summed E-state index contributed by atoms with van der Waals surface area (Å²) in [5, 5.41) is 4.80. The van der Waals surface area contributed by atoms with Crippen molar-refractivity contribution in [1.82, 2.24) is 9.78 Å². The van der Waals surface area contributed by atoms with Crippen molar-refractivity contribution in [2.45, 2.75) is 32.2 Å². The van der Waals surface area contributed by atoms with Crippen LogP contribution in [0.3, 0.4) is 0 Å². The number of carbonyl (C=O) groups is 1. The minimum atomic E-state index is 0.477. The standard InChI is InChI=1S/C9H11ClN2O/c1-2-12-9(10)7(5-13)8(11-12)6-3-4-6/h5-6H,2-4H2,1H3. The van der Waals surface area contributed by atoms with Gasteiger partial charge in [-0.2, -0.15) is 5.10 Å². The van der Waals surface area contributed by atoms with Gasteiger partial charge >= 0.3 is 0 Å². The fraction of sp³-hybridized carbons (Fsp3) is 0.556. The Morgan fingerprint density at radius 3 is 2.85 bits per heavy atom. The van der Waals surface area contributed by atoms with Crippen molar-refractivity contribution < 1.29 is 4.79 Å². The zero-order valence-corrected chi connectivity index (χ0v) is 8.21. The van der Waals surface area contributed by atoms with Gasteiger partial charge in [-0.05, 0) is 19.8 Å². The maximum Gasteiger partial charge on any atom is 0.155 e. The lowest BCUT2D eigenvalue weighted by atomic mass is 10.2. The molecular weight excluding hydrogens is 188 g/mol. The molecule has 1 fully saturated rings. The van der Waals surface area contributed by atoms with Crippen LogP contribution >= 0.6 is 11.6 Å². The largest absolute Gasteiger partial charge is 0.298 e. The molecule has 0 aliphatic heterocycles. The van der Waals surface area contributed by atoms with Gasteiger partial charge in [-0.15, -0.1) is 0 Å². The Morgan fingerprint density at radius 2 is 2.38 bits per heavy atom. The molecule has 1 aliphatic rings. The monoisotopic (exact) mass is 198 g/mol. The van der Waals surface area contributed by atoms with Crippen LogP contribution in [-0.4, -0.2) is 16.1 Å². The first-order chi connectivity index (χ1) is 6.27. The minimum Gasteiger partial charge on any atom is -0.298 e. The lowest BCUT2D eigenvalue weighted by molar-refractivity contribution is 0.112. The van der Waals surface area contributed by atoms with E-state index in [1.165, 1.54) is 0 Å². The van der Waals surface area contributed by atoms with Gasteiger partial charge < -0.3 is 0 Å². The van der Waals surface area contributed by atoms with E-state index in [-0.39, 0.29) is 0 Å². The van der Waals surface area contributed by atoms with E-state index in [1.807, 2.05) is 6.92 Å². The van der Waals surface area contributed by atoms with E-state index in [2.05, 4.69) is 5.10 Å². The second kappa shape index (κ2) is 3.14. The fourth-order valence-electron chi connectivity index (χ4n) is 1.45. The first-order valence-corrected chi connectivity index (χ1v) is 4.87. The highest BCUT2D eigenvalue weighted by atomic mass is 35.5. The average Bonchev–Trinajstić information content (AvgIpc) is 2.91. The summed E-state index contributed by atoms with van der Waals surface area (Å²) in [6.45, 7) is 2.68. The summed E-state index contributed by atoms with van der Waals surface area (Å²) in [6, 6.07) is 0. The quantitative estimate of drug-likeness (QED) is 0.699. The van der Waals surface area contributed by atoms with Crippen molar-refractivity contribution in [1.29, 1.82) is 0 Å². The number of aromatic nitrogens is 2. The summed E-state index contributed by atoms with van der Waals surface area (Å²) >= 11 is 5.97. The van der Waals surface area contributed by atoms with E-state index >= 15 is 0 Å². The molecule has 0 N–H and O–H groups in total. The van der Waals surface area contributed by atoms with Gasteiger partial charge in [0.05, 0.1) is 11.3 Å². The third kappa shape index (κ3) is 1.37. The number of hydrogen-bond acceptors (Lipinski definition) is 2. The number of rotatable bonds is 3. The van der Waals surface area contributed by atoms with Crippen molar-refractivity contribution in [3.8, 4) is 0 Å². The number of aryl methyl sites for hydroxylation is 1. The maximum atomic E-state index is 10.8. The highest BCUT2D eigenvalue weighted by molar-refractivity contribution is 6.32. The topological polar surface area (TPSA) is 34.9 Å². The molecule has 13 heavy (non-hydrogen) atoms. The van der Waals surface area contributed by atoms with E-state index in [0.717, 1.165) is 24.8 Å². The van der Waals surface area contributed by atoms with Crippen LogP contribution in [0.4, 0.5) is 0 Å². The smallest absolute Gasteiger partial charge is 0.155 e. The van der Waals surface area contributed by atoms with Crippen LogP contribution in [0.15, 0.2) is 0 Å². The number of aldehydes is 1. The highest BCUT2D eigenvalue weighted by Crippen LogP contribution is 2.41. The molecule has 70 valence electrons. The van der Waals surface area contributed by atoms with Crippen LogP contribution in [0.2, 0.25) is 5.15 Å². The van der Waals surface area contributed by atoms with Crippen LogP contribution in [0.1, 0.15) is 41.7 Å². The van der Waals surface area contributed by atoms with Gasteiger partial charge in [0.25, 0.3) is 0 Å². The molecule has 2 rings (SSSR count). The molecule has 0 radical (unpaired) electrons. The van der Waals surface area contributed by atoms with Crippen LogP contribution in [-0.2, 0) is 6.54 Å². The molecule has 1 aromatic heterocycles. The number of carbonyl (C=O) groups excluding carboxylic acids is 1. The normalized spacial score (nSPS) is 16.2. The molecule has 1 aliphatic carbocycles. The SMILES string of the molecule is CCn1nc(C2CC2)c(C=O)c1Cl. The summed E-state index contributed by atoms with van der Waals surface area (Å²) in [7, 11) is 0. The first-order valence-electron chi connectivity index (χ1n) is 4.49. The Hall–Kier alpha value is -0.830. The Labute approximate surface area is 81.7 Å². The fourth-order valence-corrected chi connectivity index (χ4v) is 1.75. The van der Waals surface area contributed by atoms with Gasteiger partial charge in [0, 0.05) is 12.5 Å². The molecule has 1 heterocycles. The molecular formula is C9H11ClN2O. The number of nitrogens with zero attached hydrogens (tertiary/aromatic N) is 2. The lowest BCUT2D eigenvalue weighted by Crippen LogP contribution is -1.96. The predicted octanol–water partition coefficient (Wildman–Crippen LogP) is 2.25. The molecule has 0 unspecified atom stereocenters. The first kappa shape index (κ1) is 8.75. The van der Waals surface area contributed by atoms with Gasteiger partial charge in [-0.1, -0.05) is 11.6 Å². The van der Waals surface area contributed by atoms with E-state index in [9.17, 15) is 4.79 Å². The molecule has 0 saturated heterocycles. The summed E-state index contributed by atoms with van der Waals surface area (Å²) in [5.74, 6) is 0.477. The number of halogens is 1. The van der Waals surface area contributed by atoms with Crippen molar-refractivity contribution in [3.05, 3.63) is 16.4 Å². The third-order valence-electron chi connectivity index (χ3n) is 2.33. The molecule has 1 saturated carbocycles. The summed E-state index contributed by atoms with van der Waals surface area (Å²) < 4.78 is 1.68. The lowest BCUT2D eigenvalue weighted by Gasteiger charge is -1.94. The Balaban J connectivity index is 2.47. The number of hydrogen-bond donors (Lipinski definition) is 0. The maximum absolute atomic E-state index is 10.8. The minimum absolute atomic E-state index is 0.477. The van der Waals surface area contributed by atoms with Crippen molar-refractivity contribution >= 4 is 17.9 Å². The average molecular weight is 199 g/mol. The molecule has 0 amide bonds. The van der Waals surface area contributed by atoms with Crippen molar-refractivity contribution in [3.63, 3.8) is 0 Å². The van der Waals surface area contributed by atoms with E-state index < -0.39 is 0 Å². The molecule has 3 nitrogen and oxygen atoms in total. The molecule has 1 aromatic rings. The summed E-state index contributed by atoms with van der Waals surface area (Å²) in [4.78, 5) is 10.8. The second-order valence-corrected chi connectivity index (χ2v) is 3.66. The van der Waals surface area contributed by atoms with Gasteiger partial charge in [-0.25, -0.2) is 0 Å². The van der Waals surface area contributed by atoms with Crippen LogP contribution in [0.5, 0.6) is 0 Å². The molecule has 4 heteroatoms. The van der Waals surface area contributed by atoms with Gasteiger partial charge in [-0.3, -0.25) is 9.48 Å². The van der Waals surface area contributed by atoms with E-state index in [0.29, 0.717) is 23.2 Å².